The minimum atomic E-state index is 0.962. The number of nitrogens with zero attached hydrogens (tertiary/aromatic N) is 1. The quantitative estimate of drug-likeness (QED) is 0.522. The minimum Gasteiger partial charge on any atom is -0.308 e. The maximum atomic E-state index is 7.75. The van der Waals surface area contributed by atoms with Gasteiger partial charge in [0.25, 0.3) is 0 Å². The first-order chi connectivity index (χ1) is 11.0. The molecule has 3 aromatic rings. The standard InChI is InChI=1S/C20H21N2S/c1-6-18-17(11-21)15-7-8-22(5)19(20(15)23-18)16-10-12(2)9-13(3)14(16)4/h6-11,21H,1H2,2-5H3/q+1. The SMILES string of the molecule is C=Cc1sc2c(-c3cc(C)cc(C)c3C)[n+](C)ccc2c1C=N. The van der Waals surface area contributed by atoms with Gasteiger partial charge >= 0.3 is 0 Å². The highest BCUT2D eigenvalue weighted by Crippen LogP contribution is 2.37. The van der Waals surface area contributed by atoms with Gasteiger partial charge in [-0.3, -0.25) is 0 Å². The predicted octanol–water partition coefficient (Wildman–Crippen LogP) is 4.96. The van der Waals surface area contributed by atoms with Gasteiger partial charge in [-0.2, -0.15) is 4.57 Å². The lowest BCUT2D eigenvalue weighted by molar-refractivity contribution is -0.659. The van der Waals surface area contributed by atoms with Crippen LogP contribution in [-0.2, 0) is 7.05 Å². The molecule has 0 aliphatic carbocycles. The second-order valence-electron chi connectivity index (χ2n) is 6.00. The van der Waals surface area contributed by atoms with E-state index in [0.717, 1.165) is 15.8 Å². The van der Waals surface area contributed by atoms with Crippen molar-refractivity contribution in [2.75, 3.05) is 0 Å². The first-order valence-electron chi connectivity index (χ1n) is 7.64. The van der Waals surface area contributed by atoms with Crippen LogP contribution in [0.5, 0.6) is 0 Å². The molecule has 0 radical (unpaired) electrons. The zero-order valence-corrected chi connectivity index (χ0v) is 14.8. The Bertz CT molecular complexity index is 948. The van der Waals surface area contributed by atoms with Gasteiger partial charge in [-0.15, -0.1) is 11.3 Å². The smallest absolute Gasteiger partial charge is 0.230 e. The third-order valence-corrected chi connectivity index (χ3v) is 5.67. The Morgan fingerprint density at radius 1 is 1.22 bits per heavy atom. The Morgan fingerprint density at radius 2 is 1.96 bits per heavy atom. The number of hydrogen-bond acceptors (Lipinski definition) is 2. The molecular weight excluding hydrogens is 300 g/mol. The molecule has 23 heavy (non-hydrogen) atoms. The fraction of sp³-hybridized carbons (Fsp3) is 0.200. The van der Waals surface area contributed by atoms with E-state index in [1.165, 1.54) is 38.9 Å². The predicted molar refractivity (Wildman–Crippen MR) is 101 cm³/mol. The average molecular weight is 321 g/mol. The molecule has 0 unspecified atom stereocenters. The Labute approximate surface area is 141 Å². The molecule has 0 atom stereocenters. The van der Waals surface area contributed by atoms with Crippen LogP contribution in [-0.4, -0.2) is 6.21 Å². The summed E-state index contributed by atoms with van der Waals surface area (Å²) in [4.78, 5) is 1.06. The highest BCUT2D eigenvalue weighted by atomic mass is 32.1. The van der Waals surface area contributed by atoms with Crippen molar-refractivity contribution in [2.24, 2.45) is 7.05 Å². The monoisotopic (exact) mass is 321 g/mol. The average Bonchev–Trinajstić information content (AvgIpc) is 2.88. The number of rotatable bonds is 3. The summed E-state index contributed by atoms with van der Waals surface area (Å²) in [6.45, 7) is 10.4. The molecular formula is C20H21N2S+. The van der Waals surface area contributed by atoms with Crippen LogP contribution in [0.1, 0.15) is 27.1 Å². The van der Waals surface area contributed by atoms with E-state index in [1.807, 2.05) is 6.08 Å². The van der Waals surface area contributed by atoms with E-state index in [0.29, 0.717) is 0 Å². The number of aromatic nitrogens is 1. The molecule has 0 bridgehead atoms. The van der Waals surface area contributed by atoms with Crippen molar-refractivity contribution >= 4 is 33.7 Å². The summed E-state index contributed by atoms with van der Waals surface area (Å²) in [7, 11) is 2.09. The largest absolute Gasteiger partial charge is 0.308 e. The zero-order chi connectivity index (χ0) is 16.7. The van der Waals surface area contributed by atoms with Crippen molar-refractivity contribution in [2.45, 2.75) is 20.8 Å². The van der Waals surface area contributed by atoms with Gasteiger partial charge in [0.2, 0.25) is 5.69 Å². The van der Waals surface area contributed by atoms with E-state index in [4.69, 9.17) is 5.41 Å². The summed E-state index contributed by atoms with van der Waals surface area (Å²) < 4.78 is 3.40. The summed E-state index contributed by atoms with van der Waals surface area (Å²) in [5.74, 6) is 0. The van der Waals surface area contributed by atoms with Crippen molar-refractivity contribution < 1.29 is 4.57 Å². The molecule has 1 N–H and O–H groups in total. The highest BCUT2D eigenvalue weighted by molar-refractivity contribution is 7.20. The first kappa shape index (κ1) is 15.6. The molecule has 0 saturated carbocycles. The lowest BCUT2D eigenvalue weighted by Gasteiger charge is -2.10. The molecule has 1 aromatic carbocycles. The third-order valence-electron chi connectivity index (χ3n) is 4.44. The van der Waals surface area contributed by atoms with Crippen LogP contribution in [0.2, 0.25) is 0 Å². The van der Waals surface area contributed by atoms with Gasteiger partial charge in [0.1, 0.15) is 11.7 Å². The normalized spacial score (nSPS) is 11.0. The molecule has 2 nitrogen and oxygen atoms in total. The van der Waals surface area contributed by atoms with E-state index in [9.17, 15) is 0 Å². The lowest BCUT2D eigenvalue weighted by atomic mass is 9.96. The Balaban J connectivity index is 2.47. The number of hydrogen-bond donors (Lipinski definition) is 1. The van der Waals surface area contributed by atoms with Gasteiger partial charge in [-0.05, 0) is 38.0 Å². The second-order valence-corrected chi connectivity index (χ2v) is 7.05. The van der Waals surface area contributed by atoms with Gasteiger partial charge in [0, 0.05) is 28.1 Å². The first-order valence-corrected chi connectivity index (χ1v) is 8.45. The summed E-state index contributed by atoms with van der Waals surface area (Å²) in [6, 6.07) is 6.58. The van der Waals surface area contributed by atoms with Crippen LogP contribution >= 0.6 is 11.3 Å². The van der Waals surface area contributed by atoms with Crippen LogP contribution in [0.4, 0.5) is 0 Å². The van der Waals surface area contributed by atoms with Crippen LogP contribution in [0.3, 0.4) is 0 Å². The number of nitrogens with one attached hydrogen (secondary N) is 1. The molecule has 0 aliphatic rings. The lowest BCUT2D eigenvalue weighted by Crippen LogP contribution is -2.30. The van der Waals surface area contributed by atoms with Crippen molar-refractivity contribution in [3.63, 3.8) is 0 Å². The van der Waals surface area contributed by atoms with E-state index in [1.54, 1.807) is 11.3 Å². The van der Waals surface area contributed by atoms with E-state index >= 15 is 0 Å². The van der Waals surface area contributed by atoms with Crippen LogP contribution in [0.25, 0.3) is 27.4 Å². The van der Waals surface area contributed by atoms with E-state index in [2.05, 4.69) is 63.4 Å². The topological polar surface area (TPSA) is 27.7 Å². The highest BCUT2D eigenvalue weighted by Gasteiger charge is 2.22. The molecule has 0 amide bonds. The van der Waals surface area contributed by atoms with Gasteiger partial charge in [-0.25, -0.2) is 0 Å². The molecule has 0 saturated heterocycles. The zero-order valence-electron chi connectivity index (χ0n) is 14.0. The number of aryl methyl sites for hydroxylation is 3. The fourth-order valence-corrected chi connectivity index (χ4v) is 4.36. The summed E-state index contributed by atoms with van der Waals surface area (Å²) in [6.07, 6.45) is 5.37. The second kappa shape index (κ2) is 5.74. The van der Waals surface area contributed by atoms with Crippen molar-refractivity contribution in [1.29, 1.82) is 5.41 Å². The molecule has 2 aromatic heterocycles. The fourth-order valence-electron chi connectivity index (χ4n) is 3.14. The third kappa shape index (κ3) is 2.41. The maximum absolute atomic E-state index is 7.75. The molecule has 0 spiro atoms. The number of pyridine rings is 1. The van der Waals surface area contributed by atoms with Crippen LogP contribution in [0, 0.1) is 26.2 Å². The van der Waals surface area contributed by atoms with Gasteiger partial charge in [0.15, 0.2) is 6.20 Å². The molecule has 3 rings (SSSR count). The number of fused-ring (bicyclic) bond motifs is 1. The van der Waals surface area contributed by atoms with Gasteiger partial charge < -0.3 is 5.41 Å². The Hall–Kier alpha value is -2.26. The summed E-state index contributed by atoms with van der Waals surface area (Å²) in [5.41, 5.74) is 7.34. The van der Waals surface area contributed by atoms with E-state index in [-0.39, 0.29) is 0 Å². The molecule has 0 fully saturated rings. The van der Waals surface area contributed by atoms with Crippen LogP contribution < -0.4 is 4.57 Å². The minimum absolute atomic E-state index is 0.962. The molecule has 2 heterocycles. The van der Waals surface area contributed by atoms with E-state index < -0.39 is 0 Å². The van der Waals surface area contributed by atoms with Crippen molar-refractivity contribution in [3.8, 4) is 11.3 Å². The number of thiophene rings is 1. The number of benzene rings is 1. The Kier molecular flexibility index (Phi) is 3.90. The molecule has 116 valence electrons. The summed E-state index contributed by atoms with van der Waals surface area (Å²) in [5, 5.41) is 8.88. The van der Waals surface area contributed by atoms with Crippen LogP contribution in [0.15, 0.2) is 31.0 Å². The van der Waals surface area contributed by atoms with Gasteiger partial charge in [-0.1, -0.05) is 24.3 Å². The van der Waals surface area contributed by atoms with Gasteiger partial charge in [0.05, 0.1) is 5.56 Å². The molecule has 0 aliphatic heterocycles. The van der Waals surface area contributed by atoms with Crippen molar-refractivity contribution in [1.82, 2.24) is 0 Å². The summed E-state index contributed by atoms with van der Waals surface area (Å²) >= 11 is 1.71. The Morgan fingerprint density at radius 3 is 2.61 bits per heavy atom. The van der Waals surface area contributed by atoms with Crippen molar-refractivity contribution in [3.05, 3.63) is 58.1 Å². The molecule has 3 heteroatoms. The maximum Gasteiger partial charge on any atom is 0.230 e.